The van der Waals surface area contributed by atoms with Gasteiger partial charge in [0, 0.05) is 18.9 Å². The Labute approximate surface area is 119 Å². The summed E-state index contributed by atoms with van der Waals surface area (Å²) in [6, 6.07) is 10.6. The highest BCUT2D eigenvalue weighted by atomic mass is 32.2. The van der Waals surface area contributed by atoms with Crippen molar-refractivity contribution < 1.29 is 8.42 Å². The van der Waals surface area contributed by atoms with Crippen molar-refractivity contribution in [2.24, 2.45) is 0 Å². The molecule has 0 saturated carbocycles. The van der Waals surface area contributed by atoms with E-state index in [9.17, 15) is 8.42 Å². The van der Waals surface area contributed by atoms with Crippen LogP contribution < -0.4 is 10.0 Å². The van der Waals surface area contributed by atoms with E-state index in [2.05, 4.69) is 15.0 Å². The SMILES string of the molecule is CCc1ccc(NS(=O)(=O)c2ncccc2NC)cc1. The normalized spacial score (nSPS) is 11.1. The van der Waals surface area contributed by atoms with Crippen LogP contribution in [0.4, 0.5) is 11.4 Å². The molecular weight excluding hydrogens is 274 g/mol. The van der Waals surface area contributed by atoms with E-state index in [0.29, 0.717) is 11.4 Å². The first-order valence-corrected chi connectivity index (χ1v) is 7.79. The molecule has 0 saturated heterocycles. The molecule has 0 fully saturated rings. The molecule has 0 atom stereocenters. The second kappa shape index (κ2) is 5.92. The van der Waals surface area contributed by atoms with Gasteiger partial charge in [0.05, 0.1) is 5.69 Å². The van der Waals surface area contributed by atoms with Gasteiger partial charge in [0.15, 0.2) is 5.03 Å². The third-order valence-electron chi connectivity index (χ3n) is 2.91. The average molecular weight is 291 g/mol. The van der Waals surface area contributed by atoms with Crippen molar-refractivity contribution in [3.05, 3.63) is 48.2 Å². The lowest BCUT2D eigenvalue weighted by Gasteiger charge is -2.11. The number of hydrogen-bond donors (Lipinski definition) is 2. The van der Waals surface area contributed by atoms with E-state index in [1.54, 1.807) is 31.3 Å². The largest absolute Gasteiger partial charge is 0.386 e. The summed E-state index contributed by atoms with van der Waals surface area (Å²) in [5, 5.41) is 2.81. The summed E-state index contributed by atoms with van der Waals surface area (Å²) in [7, 11) is -2.04. The smallest absolute Gasteiger partial charge is 0.281 e. The molecule has 2 rings (SSSR count). The third-order valence-corrected chi connectivity index (χ3v) is 4.25. The maximum absolute atomic E-state index is 12.3. The molecule has 106 valence electrons. The number of aryl methyl sites for hydroxylation is 1. The molecule has 20 heavy (non-hydrogen) atoms. The number of anilines is 2. The number of pyridine rings is 1. The highest BCUT2D eigenvalue weighted by molar-refractivity contribution is 7.92. The van der Waals surface area contributed by atoms with Gasteiger partial charge in [-0.3, -0.25) is 4.72 Å². The van der Waals surface area contributed by atoms with Crippen molar-refractivity contribution in [2.45, 2.75) is 18.4 Å². The number of aromatic nitrogens is 1. The van der Waals surface area contributed by atoms with E-state index < -0.39 is 10.0 Å². The van der Waals surface area contributed by atoms with E-state index in [0.717, 1.165) is 12.0 Å². The van der Waals surface area contributed by atoms with Gasteiger partial charge < -0.3 is 5.32 Å². The first kappa shape index (κ1) is 14.3. The lowest BCUT2D eigenvalue weighted by atomic mass is 10.2. The molecule has 1 aromatic carbocycles. The Morgan fingerprint density at radius 1 is 1.15 bits per heavy atom. The van der Waals surface area contributed by atoms with Crippen LogP contribution in [-0.2, 0) is 16.4 Å². The Balaban J connectivity index is 2.30. The number of sulfonamides is 1. The zero-order valence-electron chi connectivity index (χ0n) is 11.4. The molecule has 2 N–H and O–H groups in total. The Morgan fingerprint density at radius 2 is 1.85 bits per heavy atom. The molecule has 0 aliphatic heterocycles. The van der Waals surface area contributed by atoms with Crippen molar-refractivity contribution in [3.8, 4) is 0 Å². The van der Waals surface area contributed by atoms with Crippen LogP contribution in [0.25, 0.3) is 0 Å². The minimum Gasteiger partial charge on any atom is -0.386 e. The van der Waals surface area contributed by atoms with Gasteiger partial charge in [-0.1, -0.05) is 19.1 Å². The topological polar surface area (TPSA) is 71.1 Å². The minimum absolute atomic E-state index is 0.0120. The molecule has 0 aliphatic rings. The second-order valence-electron chi connectivity index (χ2n) is 4.26. The summed E-state index contributed by atoms with van der Waals surface area (Å²) >= 11 is 0. The first-order chi connectivity index (χ1) is 9.56. The van der Waals surface area contributed by atoms with Crippen molar-refractivity contribution in [3.63, 3.8) is 0 Å². The van der Waals surface area contributed by atoms with Crippen LogP contribution in [0.15, 0.2) is 47.6 Å². The van der Waals surface area contributed by atoms with Crippen LogP contribution in [0.3, 0.4) is 0 Å². The molecule has 1 aromatic heterocycles. The average Bonchev–Trinajstić information content (AvgIpc) is 2.47. The highest BCUT2D eigenvalue weighted by Gasteiger charge is 2.19. The highest BCUT2D eigenvalue weighted by Crippen LogP contribution is 2.21. The van der Waals surface area contributed by atoms with Crippen molar-refractivity contribution >= 4 is 21.4 Å². The fourth-order valence-electron chi connectivity index (χ4n) is 1.81. The summed E-state index contributed by atoms with van der Waals surface area (Å²) in [4.78, 5) is 3.94. The molecule has 0 radical (unpaired) electrons. The van der Waals surface area contributed by atoms with Crippen LogP contribution >= 0.6 is 0 Å². The quantitative estimate of drug-likeness (QED) is 0.888. The third kappa shape index (κ3) is 3.08. The summed E-state index contributed by atoms with van der Waals surface area (Å²) in [5.74, 6) is 0. The van der Waals surface area contributed by atoms with Gasteiger partial charge >= 0.3 is 0 Å². The van der Waals surface area contributed by atoms with Gasteiger partial charge in [-0.05, 0) is 36.2 Å². The maximum Gasteiger partial charge on any atom is 0.281 e. The number of hydrogen-bond acceptors (Lipinski definition) is 4. The van der Waals surface area contributed by atoms with E-state index in [-0.39, 0.29) is 5.03 Å². The minimum atomic E-state index is -3.70. The monoisotopic (exact) mass is 291 g/mol. The Hall–Kier alpha value is -2.08. The molecule has 0 spiro atoms. The summed E-state index contributed by atoms with van der Waals surface area (Å²) in [6.07, 6.45) is 2.37. The fraction of sp³-hybridized carbons (Fsp3) is 0.214. The molecule has 1 heterocycles. The van der Waals surface area contributed by atoms with Crippen LogP contribution in [0.5, 0.6) is 0 Å². The molecular formula is C14H17N3O2S. The van der Waals surface area contributed by atoms with Crippen LogP contribution in [0, 0.1) is 0 Å². The zero-order valence-corrected chi connectivity index (χ0v) is 12.2. The molecule has 0 unspecified atom stereocenters. The van der Waals surface area contributed by atoms with Gasteiger partial charge in [0.1, 0.15) is 0 Å². The fourth-order valence-corrected chi connectivity index (χ4v) is 3.01. The molecule has 0 amide bonds. The molecule has 2 aromatic rings. The molecule has 0 bridgehead atoms. The summed E-state index contributed by atoms with van der Waals surface area (Å²) < 4.78 is 27.2. The summed E-state index contributed by atoms with van der Waals surface area (Å²) in [6.45, 7) is 2.05. The predicted molar refractivity (Wildman–Crippen MR) is 80.4 cm³/mol. The summed E-state index contributed by atoms with van der Waals surface area (Å²) in [5.41, 5.74) is 2.14. The standard InChI is InChI=1S/C14H17N3O2S/c1-3-11-6-8-12(9-7-11)17-20(18,19)14-13(15-2)5-4-10-16-14/h4-10,15,17H,3H2,1-2H3. The molecule has 5 nitrogen and oxygen atoms in total. The van der Waals surface area contributed by atoms with Gasteiger partial charge in [-0.2, -0.15) is 8.42 Å². The second-order valence-corrected chi connectivity index (χ2v) is 5.86. The maximum atomic E-state index is 12.3. The van der Waals surface area contributed by atoms with Gasteiger partial charge in [0.25, 0.3) is 10.0 Å². The Kier molecular flexibility index (Phi) is 4.24. The van der Waals surface area contributed by atoms with E-state index in [4.69, 9.17) is 0 Å². The number of nitrogens with one attached hydrogen (secondary N) is 2. The van der Waals surface area contributed by atoms with Crippen LogP contribution in [0.1, 0.15) is 12.5 Å². The lowest BCUT2D eigenvalue weighted by Crippen LogP contribution is -2.16. The number of rotatable bonds is 5. The predicted octanol–water partition coefficient (Wildman–Crippen LogP) is 2.49. The van der Waals surface area contributed by atoms with Crippen LogP contribution in [-0.4, -0.2) is 20.4 Å². The van der Waals surface area contributed by atoms with Gasteiger partial charge in [-0.25, -0.2) is 4.98 Å². The molecule has 0 aliphatic carbocycles. The lowest BCUT2D eigenvalue weighted by molar-refractivity contribution is 0.598. The number of benzene rings is 1. The van der Waals surface area contributed by atoms with E-state index in [1.165, 1.54) is 6.20 Å². The first-order valence-electron chi connectivity index (χ1n) is 6.31. The zero-order chi connectivity index (χ0) is 14.6. The van der Waals surface area contributed by atoms with Crippen LogP contribution in [0.2, 0.25) is 0 Å². The Bertz CT molecular complexity index is 682. The van der Waals surface area contributed by atoms with Gasteiger partial charge in [-0.15, -0.1) is 0 Å². The number of nitrogens with zero attached hydrogens (tertiary/aromatic N) is 1. The van der Waals surface area contributed by atoms with Crippen molar-refractivity contribution in [1.82, 2.24) is 4.98 Å². The van der Waals surface area contributed by atoms with Crippen molar-refractivity contribution in [2.75, 3.05) is 17.1 Å². The Morgan fingerprint density at radius 3 is 2.45 bits per heavy atom. The molecule has 6 heteroatoms. The van der Waals surface area contributed by atoms with E-state index >= 15 is 0 Å². The van der Waals surface area contributed by atoms with E-state index in [1.807, 2.05) is 19.1 Å². The van der Waals surface area contributed by atoms with Gasteiger partial charge in [0.2, 0.25) is 0 Å². The van der Waals surface area contributed by atoms with Crippen molar-refractivity contribution in [1.29, 1.82) is 0 Å².